The van der Waals surface area contributed by atoms with Crippen LogP contribution in [0.15, 0.2) is 48.5 Å². The Balaban J connectivity index is 1.57. The number of anilines is 2. The molecule has 0 bridgehead atoms. The van der Waals surface area contributed by atoms with Crippen LogP contribution in [0.5, 0.6) is 0 Å². The van der Waals surface area contributed by atoms with Crippen molar-refractivity contribution in [2.24, 2.45) is 0 Å². The predicted molar refractivity (Wildman–Crippen MR) is 132 cm³/mol. The molecule has 1 aliphatic heterocycles. The van der Waals surface area contributed by atoms with E-state index in [1.54, 1.807) is 36.4 Å². The van der Waals surface area contributed by atoms with E-state index in [0.717, 1.165) is 38.8 Å². The van der Waals surface area contributed by atoms with Crippen molar-refractivity contribution in [1.82, 2.24) is 9.80 Å². The van der Waals surface area contributed by atoms with E-state index in [1.807, 2.05) is 21.9 Å². The van der Waals surface area contributed by atoms with Crippen LogP contribution in [0.3, 0.4) is 0 Å². The highest BCUT2D eigenvalue weighted by Gasteiger charge is 2.19. The van der Waals surface area contributed by atoms with Crippen LogP contribution in [0.1, 0.15) is 60.2 Å². The van der Waals surface area contributed by atoms with Crippen molar-refractivity contribution in [3.8, 4) is 0 Å². The van der Waals surface area contributed by atoms with E-state index >= 15 is 0 Å². The third-order valence-electron chi connectivity index (χ3n) is 5.62. The van der Waals surface area contributed by atoms with Crippen molar-refractivity contribution in [2.45, 2.75) is 39.5 Å². The van der Waals surface area contributed by atoms with E-state index in [-0.39, 0.29) is 24.3 Å². The second-order valence-electron chi connectivity index (χ2n) is 8.35. The van der Waals surface area contributed by atoms with Crippen molar-refractivity contribution in [3.05, 3.63) is 59.7 Å². The number of hydrogen-bond acceptors (Lipinski definition) is 4. The highest BCUT2D eigenvalue weighted by atomic mass is 16.2. The van der Waals surface area contributed by atoms with Gasteiger partial charge in [0.05, 0.1) is 6.54 Å². The smallest absolute Gasteiger partial charge is 0.253 e. The molecule has 0 spiro atoms. The Labute approximate surface area is 196 Å². The van der Waals surface area contributed by atoms with Gasteiger partial charge in [0.25, 0.3) is 11.8 Å². The number of benzene rings is 2. The molecule has 7 heteroatoms. The van der Waals surface area contributed by atoms with Crippen LogP contribution in [0, 0.1) is 0 Å². The lowest BCUT2D eigenvalue weighted by Gasteiger charge is -2.21. The number of amides is 3. The van der Waals surface area contributed by atoms with Gasteiger partial charge in [-0.3, -0.25) is 14.4 Å². The summed E-state index contributed by atoms with van der Waals surface area (Å²) < 4.78 is 0. The highest BCUT2D eigenvalue weighted by Crippen LogP contribution is 2.17. The fraction of sp³-hybridized carbons (Fsp3) is 0.423. The van der Waals surface area contributed by atoms with Crippen LogP contribution in [0.2, 0.25) is 0 Å². The zero-order valence-corrected chi connectivity index (χ0v) is 19.6. The van der Waals surface area contributed by atoms with Gasteiger partial charge in [-0.05, 0) is 62.1 Å². The summed E-state index contributed by atoms with van der Waals surface area (Å²) in [6.07, 6.45) is 3.90. The number of rotatable bonds is 10. The molecule has 1 heterocycles. The minimum Gasteiger partial charge on any atom is -0.376 e. The zero-order valence-electron chi connectivity index (χ0n) is 19.6. The first kappa shape index (κ1) is 24.3. The maximum absolute atomic E-state index is 12.8. The summed E-state index contributed by atoms with van der Waals surface area (Å²) in [5.74, 6) is -0.218. The van der Waals surface area contributed by atoms with Gasteiger partial charge in [0, 0.05) is 48.7 Å². The molecule has 0 saturated carbocycles. The average Bonchev–Trinajstić information content (AvgIpc) is 3.37. The van der Waals surface area contributed by atoms with Gasteiger partial charge >= 0.3 is 0 Å². The molecule has 0 radical (unpaired) electrons. The summed E-state index contributed by atoms with van der Waals surface area (Å²) in [6, 6.07) is 14.3. The Morgan fingerprint density at radius 3 is 2.15 bits per heavy atom. The number of likely N-dealkylation sites (tertiary alicyclic amines) is 1. The third kappa shape index (κ3) is 6.81. The summed E-state index contributed by atoms with van der Waals surface area (Å²) in [4.78, 5) is 41.6. The lowest BCUT2D eigenvalue weighted by atomic mass is 10.1. The number of carbonyl (C=O) groups excluding carboxylic acids is 3. The molecule has 3 amide bonds. The van der Waals surface area contributed by atoms with Crippen LogP contribution in [0.4, 0.5) is 11.4 Å². The fourth-order valence-corrected chi connectivity index (χ4v) is 4.02. The summed E-state index contributed by atoms with van der Waals surface area (Å²) in [6.45, 7) is 7.19. The Bertz CT molecular complexity index is 964. The van der Waals surface area contributed by atoms with Crippen molar-refractivity contribution in [1.29, 1.82) is 0 Å². The largest absolute Gasteiger partial charge is 0.376 e. The summed E-state index contributed by atoms with van der Waals surface area (Å²) in [5, 5.41) is 5.93. The first-order valence-corrected chi connectivity index (χ1v) is 11.8. The molecular formula is C26H34N4O3. The van der Waals surface area contributed by atoms with Gasteiger partial charge in [0.2, 0.25) is 5.91 Å². The molecule has 33 heavy (non-hydrogen) atoms. The van der Waals surface area contributed by atoms with Crippen LogP contribution in [-0.4, -0.2) is 60.2 Å². The first-order valence-electron chi connectivity index (χ1n) is 11.8. The van der Waals surface area contributed by atoms with Crippen LogP contribution in [0.25, 0.3) is 0 Å². The number of hydrogen-bond donors (Lipinski definition) is 2. The Morgan fingerprint density at radius 1 is 0.879 bits per heavy atom. The monoisotopic (exact) mass is 450 g/mol. The van der Waals surface area contributed by atoms with E-state index in [2.05, 4.69) is 24.5 Å². The fourth-order valence-electron chi connectivity index (χ4n) is 4.02. The molecule has 3 rings (SSSR count). The molecule has 7 nitrogen and oxygen atoms in total. The van der Waals surface area contributed by atoms with Gasteiger partial charge in [0.15, 0.2) is 0 Å². The van der Waals surface area contributed by atoms with E-state index in [9.17, 15) is 14.4 Å². The molecule has 2 aromatic carbocycles. The van der Waals surface area contributed by atoms with Crippen molar-refractivity contribution >= 4 is 29.1 Å². The highest BCUT2D eigenvalue weighted by molar-refractivity contribution is 5.98. The van der Waals surface area contributed by atoms with E-state index in [1.165, 1.54) is 0 Å². The molecular weight excluding hydrogens is 416 g/mol. The van der Waals surface area contributed by atoms with Crippen LogP contribution < -0.4 is 10.6 Å². The molecule has 2 N–H and O–H groups in total. The van der Waals surface area contributed by atoms with E-state index in [4.69, 9.17) is 0 Å². The summed E-state index contributed by atoms with van der Waals surface area (Å²) in [5.41, 5.74) is 2.49. The van der Waals surface area contributed by atoms with Gasteiger partial charge in [-0.15, -0.1) is 0 Å². The Morgan fingerprint density at radius 2 is 1.48 bits per heavy atom. The van der Waals surface area contributed by atoms with Gasteiger partial charge in [-0.1, -0.05) is 26.0 Å². The minimum absolute atomic E-state index is 0.0209. The molecule has 1 fully saturated rings. The molecule has 0 atom stereocenters. The maximum Gasteiger partial charge on any atom is 0.253 e. The molecule has 2 aromatic rings. The molecule has 0 aliphatic carbocycles. The molecule has 176 valence electrons. The molecule has 0 aromatic heterocycles. The first-order chi connectivity index (χ1) is 16.0. The van der Waals surface area contributed by atoms with Gasteiger partial charge in [-0.25, -0.2) is 0 Å². The predicted octanol–water partition coefficient (Wildman–Crippen LogP) is 4.24. The standard InChI is InChI=1S/C26H34N4O3/c1-3-13-29(14-4-2)25(32)21-10-8-12-23(18-21)28-24(31)19-27-22-11-7-9-20(17-22)26(33)30-15-5-6-16-30/h7-12,17-18,27H,3-6,13-16,19H2,1-2H3,(H,28,31). The Hall–Kier alpha value is -3.35. The topological polar surface area (TPSA) is 81.8 Å². The lowest BCUT2D eigenvalue weighted by molar-refractivity contribution is -0.114. The number of nitrogens with one attached hydrogen (secondary N) is 2. The van der Waals surface area contributed by atoms with Crippen molar-refractivity contribution in [2.75, 3.05) is 43.4 Å². The summed E-state index contributed by atoms with van der Waals surface area (Å²) >= 11 is 0. The quantitative estimate of drug-likeness (QED) is 0.567. The zero-order chi connectivity index (χ0) is 23.6. The number of carbonyl (C=O) groups is 3. The SMILES string of the molecule is CCCN(CCC)C(=O)c1cccc(NC(=O)CNc2cccc(C(=O)N3CCCC3)c2)c1. The van der Waals surface area contributed by atoms with Crippen LogP contribution in [-0.2, 0) is 4.79 Å². The molecule has 0 unspecified atom stereocenters. The van der Waals surface area contributed by atoms with Crippen LogP contribution >= 0.6 is 0 Å². The maximum atomic E-state index is 12.8. The molecule has 1 saturated heterocycles. The third-order valence-corrected chi connectivity index (χ3v) is 5.62. The molecule has 1 aliphatic rings. The van der Waals surface area contributed by atoms with Gasteiger partial charge < -0.3 is 20.4 Å². The second-order valence-corrected chi connectivity index (χ2v) is 8.35. The van der Waals surface area contributed by atoms with E-state index < -0.39 is 0 Å². The minimum atomic E-state index is -0.227. The van der Waals surface area contributed by atoms with E-state index in [0.29, 0.717) is 35.6 Å². The van der Waals surface area contributed by atoms with Crippen molar-refractivity contribution in [3.63, 3.8) is 0 Å². The summed E-state index contributed by atoms with van der Waals surface area (Å²) in [7, 11) is 0. The number of nitrogens with zero attached hydrogens (tertiary/aromatic N) is 2. The lowest BCUT2D eigenvalue weighted by Crippen LogP contribution is -2.32. The van der Waals surface area contributed by atoms with Gasteiger partial charge in [-0.2, -0.15) is 0 Å². The van der Waals surface area contributed by atoms with Crippen molar-refractivity contribution < 1.29 is 14.4 Å². The van der Waals surface area contributed by atoms with Gasteiger partial charge in [0.1, 0.15) is 0 Å². The Kier molecular flexibility index (Phi) is 8.87. The average molecular weight is 451 g/mol. The normalized spacial score (nSPS) is 13.0. The second kappa shape index (κ2) is 12.0.